The molecule has 0 saturated carbocycles. The molecular weight excluding hydrogens is 230 g/mol. The van der Waals surface area contributed by atoms with E-state index in [0.717, 1.165) is 0 Å². The molecule has 0 saturated heterocycles. The summed E-state index contributed by atoms with van der Waals surface area (Å²) in [7, 11) is 0. The van der Waals surface area contributed by atoms with E-state index in [2.05, 4.69) is 0 Å². The second-order valence-corrected chi connectivity index (χ2v) is 4.46. The Hall–Kier alpha value is -1.32. The van der Waals surface area contributed by atoms with Crippen LogP contribution in [0.3, 0.4) is 0 Å². The van der Waals surface area contributed by atoms with Gasteiger partial charge in [-0.05, 0) is 18.2 Å². The summed E-state index contributed by atoms with van der Waals surface area (Å²) in [6, 6.07) is 8.55. The molecule has 0 aliphatic carbocycles. The smallest absolute Gasteiger partial charge is 0.193 e. The Morgan fingerprint density at radius 1 is 1.27 bits per heavy atom. The molecule has 0 aliphatic rings. The van der Waals surface area contributed by atoms with Crippen LogP contribution >= 0.6 is 22.9 Å². The number of hydrogen-bond donors (Lipinski definition) is 1. The lowest BCUT2D eigenvalue weighted by atomic mass is 10.1. The summed E-state index contributed by atoms with van der Waals surface area (Å²) in [5.41, 5.74) is 6.76. The summed E-state index contributed by atoms with van der Waals surface area (Å²) in [4.78, 5) is 11.9. The Morgan fingerprint density at radius 2 is 2.07 bits per heavy atom. The molecule has 4 heteroatoms. The first-order chi connectivity index (χ1) is 7.16. The van der Waals surface area contributed by atoms with Gasteiger partial charge in [-0.15, -0.1) is 11.3 Å². The van der Waals surface area contributed by atoms with Crippen LogP contribution in [0.25, 0.3) is 0 Å². The van der Waals surface area contributed by atoms with Crippen LogP contribution in [-0.4, -0.2) is 5.78 Å². The van der Waals surface area contributed by atoms with Crippen LogP contribution in [0, 0.1) is 0 Å². The van der Waals surface area contributed by atoms with Crippen molar-refractivity contribution in [2.24, 2.45) is 0 Å². The number of carbonyl (C=O) groups excluding carboxylic acids is 1. The molecule has 0 atom stereocenters. The Morgan fingerprint density at radius 3 is 2.67 bits per heavy atom. The van der Waals surface area contributed by atoms with Gasteiger partial charge in [0.05, 0.1) is 5.00 Å². The Balaban J connectivity index is 2.36. The number of nitrogens with two attached hydrogens (primary N) is 1. The van der Waals surface area contributed by atoms with Crippen molar-refractivity contribution in [1.29, 1.82) is 0 Å². The minimum absolute atomic E-state index is 0.0505. The Labute approximate surface area is 96.3 Å². The zero-order chi connectivity index (χ0) is 10.8. The van der Waals surface area contributed by atoms with Crippen molar-refractivity contribution in [1.82, 2.24) is 0 Å². The molecule has 0 spiro atoms. The average Bonchev–Trinajstić information content (AvgIpc) is 2.64. The maximum atomic E-state index is 11.9. The van der Waals surface area contributed by atoms with Crippen LogP contribution in [0.5, 0.6) is 0 Å². The number of halogens is 1. The molecule has 0 amide bonds. The van der Waals surface area contributed by atoms with Crippen molar-refractivity contribution < 1.29 is 4.79 Å². The Kier molecular flexibility index (Phi) is 2.75. The van der Waals surface area contributed by atoms with Crippen molar-refractivity contribution in [3.8, 4) is 0 Å². The molecule has 0 aliphatic heterocycles. The van der Waals surface area contributed by atoms with Gasteiger partial charge in [-0.2, -0.15) is 0 Å². The lowest BCUT2D eigenvalue weighted by Gasteiger charge is -1.98. The zero-order valence-electron chi connectivity index (χ0n) is 7.74. The fourth-order valence-corrected chi connectivity index (χ4v) is 2.09. The monoisotopic (exact) mass is 237 g/mol. The van der Waals surface area contributed by atoms with Gasteiger partial charge in [-0.3, -0.25) is 4.79 Å². The molecule has 2 aromatic rings. The highest BCUT2D eigenvalue weighted by atomic mass is 35.5. The maximum Gasteiger partial charge on any atom is 0.193 e. The number of hydrogen-bond acceptors (Lipinski definition) is 3. The van der Waals surface area contributed by atoms with Gasteiger partial charge >= 0.3 is 0 Å². The normalized spacial score (nSPS) is 10.2. The SMILES string of the molecule is Nc1cc(C(=O)c2cccc(Cl)c2)cs1. The third-order valence-electron chi connectivity index (χ3n) is 1.97. The van der Waals surface area contributed by atoms with Crippen LogP contribution in [0.1, 0.15) is 15.9 Å². The molecule has 2 rings (SSSR count). The second kappa shape index (κ2) is 4.04. The standard InChI is InChI=1S/C11H8ClNOS/c12-9-3-1-2-7(4-9)11(14)8-5-10(13)15-6-8/h1-6H,13H2. The fraction of sp³-hybridized carbons (Fsp3) is 0. The molecule has 2 nitrogen and oxygen atoms in total. The van der Waals surface area contributed by atoms with E-state index in [4.69, 9.17) is 17.3 Å². The van der Waals surface area contributed by atoms with E-state index in [-0.39, 0.29) is 5.78 Å². The van der Waals surface area contributed by atoms with Gasteiger partial charge < -0.3 is 5.73 Å². The van der Waals surface area contributed by atoms with Crippen molar-refractivity contribution >= 4 is 33.7 Å². The molecule has 1 aromatic carbocycles. The third kappa shape index (κ3) is 2.19. The van der Waals surface area contributed by atoms with Gasteiger partial charge in [0.1, 0.15) is 0 Å². The number of anilines is 1. The largest absolute Gasteiger partial charge is 0.391 e. The molecule has 0 unspecified atom stereocenters. The van der Waals surface area contributed by atoms with E-state index in [1.165, 1.54) is 11.3 Å². The first-order valence-corrected chi connectivity index (χ1v) is 5.57. The second-order valence-electron chi connectivity index (χ2n) is 3.08. The number of benzene rings is 1. The van der Waals surface area contributed by atoms with Gasteiger partial charge in [0.2, 0.25) is 0 Å². The molecule has 2 N–H and O–H groups in total. The minimum atomic E-state index is -0.0505. The summed E-state index contributed by atoms with van der Waals surface area (Å²) in [5.74, 6) is -0.0505. The molecule has 1 aromatic heterocycles. The van der Waals surface area contributed by atoms with Gasteiger partial charge in [-0.25, -0.2) is 0 Å². The quantitative estimate of drug-likeness (QED) is 0.815. The van der Waals surface area contributed by atoms with Crippen LogP contribution in [0.15, 0.2) is 35.7 Å². The number of carbonyl (C=O) groups is 1. The lowest BCUT2D eigenvalue weighted by Crippen LogP contribution is -1.98. The predicted octanol–water partition coefficient (Wildman–Crippen LogP) is 3.21. The topological polar surface area (TPSA) is 43.1 Å². The molecule has 1 heterocycles. The highest BCUT2D eigenvalue weighted by Gasteiger charge is 2.10. The number of nitrogen functional groups attached to an aromatic ring is 1. The summed E-state index contributed by atoms with van der Waals surface area (Å²) in [6.45, 7) is 0. The van der Waals surface area contributed by atoms with E-state index in [1.807, 2.05) is 0 Å². The predicted molar refractivity (Wildman–Crippen MR) is 63.6 cm³/mol. The van der Waals surface area contributed by atoms with E-state index >= 15 is 0 Å². The molecule has 15 heavy (non-hydrogen) atoms. The van der Waals surface area contributed by atoms with Gasteiger partial charge in [0, 0.05) is 21.5 Å². The maximum absolute atomic E-state index is 11.9. The Bertz CT molecular complexity index is 507. The average molecular weight is 238 g/mol. The zero-order valence-corrected chi connectivity index (χ0v) is 9.31. The third-order valence-corrected chi connectivity index (χ3v) is 2.97. The van der Waals surface area contributed by atoms with E-state index < -0.39 is 0 Å². The number of ketones is 1. The molecule has 0 fully saturated rings. The van der Waals surface area contributed by atoms with E-state index in [9.17, 15) is 4.79 Å². The minimum Gasteiger partial charge on any atom is -0.391 e. The molecule has 0 radical (unpaired) electrons. The highest BCUT2D eigenvalue weighted by molar-refractivity contribution is 7.14. The van der Waals surface area contributed by atoms with Crippen molar-refractivity contribution in [3.05, 3.63) is 51.9 Å². The van der Waals surface area contributed by atoms with Crippen LogP contribution in [-0.2, 0) is 0 Å². The summed E-state index contributed by atoms with van der Waals surface area (Å²) < 4.78 is 0. The fourth-order valence-electron chi connectivity index (χ4n) is 1.27. The summed E-state index contributed by atoms with van der Waals surface area (Å²) in [5, 5.41) is 2.95. The van der Waals surface area contributed by atoms with Gasteiger partial charge in [-0.1, -0.05) is 23.7 Å². The van der Waals surface area contributed by atoms with E-state index in [0.29, 0.717) is 21.2 Å². The molecule has 0 bridgehead atoms. The van der Waals surface area contributed by atoms with E-state index in [1.54, 1.807) is 35.7 Å². The van der Waals surface area contributed by atoms with Gasteiger partial charge in [0.15, 0.2) is 5.78 Å². The van der Waals surface area contributed by atoms with Crippen molar-refractivity contribution in [2.75, 3.05) is 5.73 Å². The van der Waals surface area contributed by atoms with Crippen LogP contribution in [0.4, 0.5) is 5.00 Å². The first-order valence-electron chi connectivity index (χ1n) is 4.31. The molecular formula is C11H8ClNOS. The highest BCUT2D eigenvalue weighted by Crippen LogP contribution is 2.20. The number of thiophene rings is 1. The summed E-state index contributed by atoms with van der Waals surface area (Å²) >= 11 is 7.16. The van der Waals surface area contributed by atoms with Crippen molar-refractivity contribution in [3.63, 3.8) is 0 Å². The molecule has 76 valence electrons. The lowest BCUT2D eigenvalue weighted by molar-refractivity contribution is 0.103. The van der Waals surface area contributed by atoms with Crippen LogP contribution < -0.4 is 5.73 Å². The van der Waals surface area contributed by atoms with Gasteiger partial charge in [0.25, 0.3) is 0 Å². The summed E-state index contributed by atoms with van der Waals surface area (Å²) in [6.07, 6.45) is 0. The van der Waals surface area contributed by atoms with Crippen LogP contribution in [0.2, 0.25) is 5.02 Å². The van der Waals surface area contributed by atoms with Crippen molar-refractivity contribution in [2.45, 2.75) is 0 Å². The number of rotatable bonds is 2. The first kappa shape index (κ1) is 10.2.